The van der Waals surface area contributed by atoms with Gasteiger partial charge in [0.1, 0.15) is 5.82 Å². The second-order valence-electron chi connectivity index (χ2n) is 5.03. The number of hydrogen-bond donors (Lipinski definition) is 2. The minimum Gasteiger partial charge on any atom is -0.331 e. The standard InChI is InChI=1S/C17H15F4N3S/c1-2-14(11-7-9-12(18)10-8-11)23-24-16(25)22-15-6-4-3-5-13(15)17(19,20)21/h3-10H,2H2,1H3,(H2,22,24,25)/b23-14+. The lowest BCUT2D eigenvalue weighted by Crippen LogP contribution is -2.26. The molecule has 2 aromatic carbocycles. The van der Waals surface area contributed by atoms with E-state index in [9.17, 15) is 17.6 Å². The van der Waals surface area contributed by atoms with Gasteiger partial charge in [-0.2, -0.15) is 18.3 Å². The summed E-state index contributed by atoms with van der Waals surface area (Å²) < 4.78 is 51.8. The molecule has 8 heteroatoms. The minimum atomic E-state index is -4.49. The van der Waals surface area contributed by atoms with Crippen LogP contribution in [0.4, 0.5) is 23.2 Å². The van der Waals surface area contributed by atoms with Gasteiger partial charge in [0.25, 0.3) is 0 Å². The van der Waals surface area contributed by atoms with Crippen molar-refractivity contribution in [3.8, 4) is 0 Å². The molecule has 2 aromatic rings. The van der Waals surface area contributed by atoms with Gasteiger partial charge in [-0.05, 0) is 48.5 Å². The van der Waals surface area contributed by atoms with Crippen molar-refractivity contribution >= 4 is 28.7 Å². The molecule has 132 valence electrons. The lowest BCUT2D eigenvalue weighted by Gasteiger charge is -2.14. The maximum Gasteiger partial charge on any atom is 0.418 e. The van der Waals surface area contributed by atoms with Crippen LogP contribution in [-0.2, 0) is 6.18 Å². The summed E-state index contributed by atoms with van der Waals surface area (Å²) in [4.78, 5) is 0. The van der Waals surface area contributed by atoms with Crippen molar-refractivity contribution in [2.45, 2.75) is 19.5 Å². The highest BCUT2D eigenvalue weighted by Crippen LogP contribution is 2.34. The van der Waals surface area contributed by atoms with Crippen LogP contribution in [0.3, 0.4) is 0 Å². The third kappa shape index (κ3) is 5.25. The minimum absolute atomic E-state index is 0.0789. The summed E-state index contributed by atoms with van der Waals surface area (Å²) in [5.41, 5.74) is 2.82. The number of hydrazone groups is 1. The Bertz CT molecular complexity index is 770. The van der Waals surface area contributed by atoms with Crippen LogP contribution in [-0.4, -0.2) is 10.8 Å². The van der Waals surface area contributed by atoms with E-state index in [-0.39, 0.29) is 16.6 Å². The molecule has 25 heavy (non-hydrogen) atoms. The van der Waals surface area contributed by atoms with Crippen molar-refractivity contribution in [2.75, 3.05) is 5.32 Å². The Hall–Kier alpha value is -2.48. The number of benzene rings is 2. The van der Waals surface area contributed by atoms with Gasteiger partial charge in [-0.15, -0.1) is 0 Å². The van der Waals surface area contributed by atoms with E-state index in [1.807, 2.05) is 6.92 Å². The van der Waals surface area contributed by atoms with Crippen molar-refractivity contribution in [3.05, 3.63) is 65.5 Å². The fourth-order valence-corrected chi connectivity index (χ4v) is 2.25. The Morgan fingerprint density at radius 1 is 1.08 bits per heavy atom. The first-order chi connectivity index (χ1) is 11.8. The molecule has 0 unspecified atom stereocenters. The van der Waals surface area contributed by atoms with Crippen LogP contribution >= 0.6 is 12.2 Å². The number of anilines is 1. The second kappa shape index (κ2) is 8.06. The Morgan fingerprint density at radius 3 is 2.32 bits per heavy atom. The average molecular weight is 369 g/mol. The summed E-state index contributed by atoms with van der Waals surface area (Å²) >= 11 is 5.00. The fourth-order valence-electron chi connectivity index (χ4n) is 2.10. The summed E-state index contributed by atoms with van der Waals surface area (Å²) in [5.74, 6) is -0.367. The van der Waals surface area contributed by atoms with Gasteiger partial charge in [0.15, 0.2) is 5.11 Å². The highest BCUT2D eigenvalue weighted by atomic mass is 32.1. The zero-order valence-corrected chi connectivity index (χ0v) is 14.0. The van der Waals surface area contributed by atoms with Gasteiger partial charge < -0.3 is 5.32 Å². The fraction of sp³-hybridized carbons (Fsp3) is 0.176. The van der Waals surface area contributed by atoms with E-state index in [0.29, 0.717) is 17.7 Å². The summed E-state index contributed by atoms with van der Waals surface area (Å²) in [7, 11) is 0. The zero-order chi connectivity index (χ0) is 18.4. The van der Waals surface area contributed by atoms with E-state index in [2.05, 4.69) is 15.8 Å². The number of hydrogen-bond acceptors (Lipinski definition) is 2. The lowest BCUT2D eigenvalue weighted by molar-refractivity contribution is -0.136. The average Bonchev–Trinajstić information content (AvgIpc) is 2.56. The Labute approximate surface area is 147 Å². The Kier molecular flexibility index (Phi) is 6.08. The van der Waals surface area contributed by atoms with Gasteiger partial charge >= 0.3 is 6.18 Å². The molecule has 0 aliphatic rings. The molecule has 0 spiro atoms. The van der Waals surface area contributed by atoms with Crippen LogP contribution in [0.15, 0.2) is 53.6 Å². The molecule has 0 heterocycles. The van der Waals surface area contributed by atoms with Gasteiger partial charge in [-0.1, -0.05) is 31.2 Å². The predicted molar refractivity (Wildman–Crippen MR) is 94.0 cm³/mol. The van der Waals surface area contributed by atoms with Crippen LogP contribution in [0, 0.1) is 5.82 Å². The summed E-state index contributed by atoms with van der Waals surface area (Å²) in [6.07, 6.45) is -3.97. The maximum atomic E-state index is 13.0. The van der Waals surface area contributed by atoms with Gasteiger partial charge in [-0.25, -0.2) is 4.39 Å². The molecule has 2 rings (SSSR count). The molecule has 0 amide bonds. The summed E-state index contributed by atoms with van der Waals surface area (Å²) in [6.45, 7) is 1.85. The molecule has 3 nitrogen and oxygen atoms in total. The van der Waals surface area contributed by atoms with E-state index >= 15 is 0 Å². The number of halogens is 4. The van der Waals surface area contributed by atoms with E-state index < -0.39 is 11.7 Å². The van der Waals surface area contributed by atoms with Crippen molar-refractivity contribution in [1.29, 1.82) is 0 Å². The highest BCUT2D eigenvalue weighted by Gasteiger charge is 2.33. The molecule has 2 N–H and O–H groups in total. The summed E-state index contributed by atoms with van der Waals surface area (Å²) in [5, 5.41) is 6.50. The Balaban J connectivity index is 2.11. The molecular formula is C17H15F4N3S. The van der Waals surface area contributed by atoms with Crippen LogP contribution in [0.1, 0.15) is 24.5 Å². The smallest absolute Gasteiger partial charge is 0.331 e. The SMILES string of the molecule is CC/C(=N\NC(=S)Nc1ccccc1C(F)(F)F)c1ccc(F)cc1. The first-order valence-electron chi connectivity index (χ1n) is 7.37. The van der Waals surface area contributed by atoms with Gasteiger partial charge in [-0.3, -0.25) is 5.43 Å². The zero-order valence-electron chi connectivity index (χ0n) is 13.2. The highest BCUT2D eigenvalue weighted by molar-refractivity contribution is 7.80. The van der Waals surface area contributed by atoms with Crippen molar-refractivity contribution in [1.82, 2.24) is 5.43 Å². The normalized spacial score (nSPS) is 12.0. The number of para-hydroxylation sites is 1. The Morgan fingerprint density at radius 2 is 1.72 bits per heavy atom. The predicted octanol–water partition coefficient (Wildman–Crippen LogP) is 4.95. The first-order valence-corrected chi connectivity index (χ1v) is 7.77. The quantitative estimate of drug-likeness (QED) is 0.347. The van der Waals surface area contributed by atoms with E-state index in [1.54, 1.807) is 12.1 Å². The second-order valence-corrected chi connectivity index (χ2v) is 5.44. The number of thiocarbonyl (C=S) groups is 1. The molecule has 0 radical (unpaired) electrons. The van der Waals surface area contributed by atoms with Crippen LogP contribution in [0.2, 0.25) is 0 Å². The number of nitrogens with one attached hydrogen (secondary N) is 2. The largest absolute Gasteiger partial charge is 0.418 e. The molecule has 0 saturated heterocycles. The molecule has 0 aliphatic carbocycles. The van der Waals surface area contributed by atoms with Crippen LogP contribution in [0.25, 0.3) is 0 Å². The molecular weight excluding hydrogens is 354 g/mol. The van der Waals surface area contributed by atoms with E-state index in [4.69, 9.17) is 12.2 Å². The molecule has 0 aliphatic heterocycles. The van der Waals surface area contributed by atoms with Gasteiger partial charge in [0.05, 0.1) is 17.0 Å². The molecule has 0 aromatic heterocycles. The van der Waals surface area contributed by atoms with Crippen LogP contribution < -0.4 is 10.7 Å². The van der Waals surface area contributed by atoms with Gasteiger partial charge in [0.2, 0.25) is 0 Å². The molecule has 0 atom stereocenters. The third-order valence-corrected chi connectivity index (χ3v) is 3.48. The van der Waals surface area contributed by atoms with Crippen molar-refractivity contribution < 1.29 is 17.6 Å². The monoisotopic (exact) mass is 369 g/mol. The molecule has 0 saturated carbocycles. The number of nitrogens with zero attached hydrogens (tertiary/aromatic N) is 1. The molecule has 0 fully saturated rings. The van der Waals surface area contributed by atoms with E-state index in [0.717, 1.165) is 6.07 Å². The molecule has 0 bridgehead atoms. The number of alkyl halides is 3. The maximum absolute atomic E-state index is 13.0. The third-order valence-electron chi connectivity index (χ3n) is 3.29. The lowest BCUT2D eigenvalue weighted by atomic mass is 10.1. The number of rotatable bonds is 4. The van der Waals surface area contributed by atoms with Crippen molar-refractivity contribution in [2.24, 2.45) is 5.10 Å². The first kappa shape index (κ1) is 18.9. The van der Waals surface area contributed by atoms with Crippen molar-refractivity contribution in [3.63, 3.8) is 0 Å². The topological polar surface area (TPSA) is 36.4 Å². The summed E-state index contributed by atoms with van der Waals surface area (Å²) in [6, 6.07) is 10.7. The van der Waals surface area contributed by atoms with E-state index in [1.165, 1.54) is 30.3 Å². The van der Waals surface area contributed by atoms with Gasteiger partial charge in [0, 0.05) is 0 Å². The van der Waals surface area contributed by atoms with Crippen LogP contribution in [0.5, 0.6) is 0 Å².